The molecule has 0 aliphatic heterocycles. The molecule has 0 spiro atoms. The highest BCUT2D eigenvalue weighted by molar-refractivity contribution is 6.36. The summed E-state index contributed by atoms with van der Waals surface area (Å²) in [6.45, 7) is 2.26. The van der Waals surface area contributed by atoms with Gasteiger partial charge in [0, 0.05) is 24.5 Å². The number of carbonyl (C=O) groups is 2. The van der Waals surface area contributed by atoms with Crippen molar-refractivity contribution >= 4 is 35.0 Å². The van der Waals surface area contributed by atoms with Gasteiger partial charge in [-0.1, -0.05) is 23.2 Å². The van der Waals surface area contributed by atoms with Crippen LogP contribution in [0.5, 0.6) is 5.75 Å². The van der Waals surface area contributed by atoms with Crippen molar-refractivity contribution in [3.63, 3.8) is 0 Å². The molecule has 0 aliphatic carbocycles. The number of rotatable bonds is 7. The molecule has 6 heteroatoms. The van der Waals surface area contributed by atoms with E-state index in [0.717, 1.165) is 0 Å². The average molecular weight is 305 g/mol. The molecule has 0 fully saturated rings. The highest BCUT2D eigenvalue weighted by Gasteiger charge is 2.15. The van der Waals surface area contributed by atoms with Gasteiger partial charge in [0.05, 0.1) is 16.7 Å². The van der Waals surface area contributed by atoms with E-state index in [1.54, 1.807) is 0 Å². The second-order valence-electron chi connectivity index (χ2n) is 3.87. The molecule has 1 N–H and O–H groups in total. The summed E-state index contributed by atoms with van der Waals surface area (Å²) in [5, 5.41) is 9.09. The maximum Gasteiger partial charge on any atom is 0.303 e. The molecular formula is C13H14Cl2O4. The van der Waals surface area contributed by atoms with Gasteiger partial charge in [-0.2, -0.15) is 0 Å². The Kier molecular flexibility index (Phi) is 6.12. The van der Waals surface area contributed by atoms with Crippen LogP contribution in [0.4, 0.5) is 0 Å². The molecular weight excluding hydrogens is 291 g/mol. The van der Waals surface area contributed by atoms with Gasteiger partial charge < -0.3 is 9.84 Å². The summed E-state index contributed by atoms with van der Waals surface area (Å²) < 4.78 is 5.26. The summed E-state index contributed by atoms with van der Waals surface area (Å²) in [5.74, 6) is -0.726. The Morgan fingerprint density at radius 2 is 1.89 bits per heavy atom. The van der Waals surface area contributed by atoms with E-state index in [4.69, 9.17) is 33.0 Å². The molecule has 19 heavy (non-hydrogen) atoms. The van der Waals surface area contributed by atoms with Crippen LogP contribution >= 0.6 is 23.2 Å². The number of benzene rings is 1. The standard InChI is InChI=1S/C13H14Cl2O4/c1-2-19-12-7-9(14)8(6-10(12)15)11(16)4-3-5-13(17)18/h6-7H,2-5H2,1H3,(H,17,18). The summed E-state index contributed by atoms with van der Waals surface area (Å²) in [5.41, 5.74) is 0.292. The molecule has 1 aromatic carbocycles. The van der Waals surface area contributed by atoms with Crippen molar-refractivity contribution in [3.05, 3.63) is 27.7 Å². The van der Waals surface area contributed by atoms with E-state index < -0.39 is 5.97 Å². The molecule has 0 aromatic heterocycles. The van der Waals surface area contributed by atoms with Crippen LogP contribution in [0.3, 0.4) is 0 Å². The Bertz CT molecular complexity index is 486. The van der Waals surface area contributed by atoms with Crippen LogP contribution in [0.2, 0.25) is 10.0 Å². The molecule has 0 heterocycles. The van der Waals surface area contributed by atoms with Crippen molar-refractivity contribution in [3.8, 4) is 5.75 Å². The van der Waals surface area contributed by atoms with Gasteiger partial charge in [0.15, 0.2) is 5.78 Å². The minimum absolute atomic E-state index is 0.0475. The van der Waals surface area contributed by atoms with Crippen LogP contribution in [0.25, 0.3) is 0 Å². The maximum absolute atomic E-state index is 11.9. The Labute approximate surface area is 121 Å². The highest BCUT2D eigenvalue weighted by Crippen LogP contribution is 2.32. The van der Waals surface area contributed by atoms with E-state index in [1.165, 1.54) is 12.1 Å². The second kappa shape index (κ2) is 7.36. The predicted octanol–water partition coefficient (Wildman–Crippen LogP) is 3.83. The number of halogens is 2. The molecule has 0 radical (unpaired) electrons. The van der Waals surface area contributed by atoms with Gasteiger partial charge >= 0.3 is 5.97 Å². The number of Topliss-reactive ketones (excluding diaryl/α,β-unsaturated/α-hetero) is 1. The Hall–Kier alpha value is -1.26. The summed E-state index contributed by atoms with van der Waals surface area (Å²) in [6, 6.07) is 2.95. The van der Waals surface area contributed by atoms with Gasteiger partial charge in [-0.05, 0) is 19.4 Å². The minimum Gasteiger partial charge on any atom is -0.492 e. The summed E-state index contributed by atoms with van der Waals surface area (Å²) in [7, 11) is 0. The first-order valence-electron chi connectivity index (χ1n) is 5.82. The molecule has 0 unspecified atom stereocenters. The fourth-order valence-electron chi connectivity index (χ4n) is 1.54. The van der Waals surface area contributed by atoms with Crippen LogP contribution in [0, 0.1) is 0 Å². The number of hydrogen-bond acceptors (Lipinski definition) is 3. The fraction of sp³-hybridized carbons (Fsp3) is 0.385. The number of aliphatic carboxylic acids is 1. The summed E-state index contributed by atoms with van der Waals surface area (Å²) >= 11 is 12.0. The average Bonchev–Trinajstić information content (AvgIpc) is 2.33. The zero-order chi connectivity index (χ0) is 14.4. The fourth-order valence-corrected chi connectivity index (χ4v) is 2.02. The number of hydrogen-bond donors (Lipinski definition) is 1. The molecule has 0 bridgehead atoms. The maximum atomic E-state index is 11.9. The smallest absolute Gasteiger partial charge is 0.303 e. The van der Waals surface area contributed by atoms with E-state index in [2.05, 4.69) is 0 Å². The normalized spacial score (nSPS) is 10.3. The Balaban J connectivity index is 2.80. The van der Waals surface area contributed by atoms with Crippen LogP contribution in [-0.2, 0) is 4.79 Å². The number of carbonyl (C=O) groups excluding carboxylic acids is 1. The Morgan fingerprint density at radius 1 is 1.21 bits per heavy atom. The lowest BCUT2D eigenvalue weighted by Crippen LogP contribution is -2.03. The van der Waals surface area contributed by atoms with Gasteiger partial charge in [-0.3, -0.25) is 9.59 Å². The molecule has 104 valence electrons. The van der Waals surface area contributed by atoms with Crippen molar-refractivity contribution in [2.75, 3.05) is 6.61 Å². The number of ether oxygens (including phenoxy) is 1. The molecule has 0 aliphatic rings. The lowest BCUT2D eigenvalue weighted by Gasteiger charge is -2.09. The van der Waals surface area contributed by atoms with E-state index in [0.29, 0.717) is 22.9 Å². The van der Waals surface area contributed by atoms with Crippen molar-refractivity contribution in [1.82, 2.24) is 0 Å². The first-order valence-corrected chi connectivity index (χ1v) is 6.58. The zero-order valence-corrected chi connectivity index (χ0v) is 11.9. The van der Waals surface area contributed by atoms with Gasteiger partial charge in [0.25, 0.3) is 0 Å². The van der Waals surface area contributed by atoms with Crippen LogP contribution in [-0.4, -0.2) is 23.5 Å². The second-order valence-corrected chi connectivity index (χ2v) is 4.68. The van der Waals surface area contributed by atoms with Gasteiger partial charge in [-0.25, -0.2) is 0 Å². The zero-order valence-electron chi connectivity index (χ0n) is 10.4. The number of carboxylic acid groups (broad SMARTS) is 1. The van der Waals surface area contributed by atoms with Crippen molar-refractivity contribution < 1.29 is 19.4 Å². The number of carboxylic acids is 1. The molecule has 0 saturated carbocycles. The first kappa shape index (κ1) is 15.8. The third-order valence-electron chi connectivity index (χ3n) is 2.42. The summed E-state index contributed by atoms with van der Waals surface area (Å²) in [4.78, 5) is 22.3. The SMILES string of the molecule is CCOc1cc(Cl)c(C(=O)CCCC(=O)O)cc1Cl. The molecule has 0 saturated heterocycles. The predicted molar refractivity (Wildman–Crippen MR) is 73.4 cm³/mol. The van der Waals surface area contributed by atoms with Gasteiger partial charge in [0.2, 0.25) is 0 Å². The monoisotopic (exact) mass is 304 g/mol. The minimum atomic E-state index is -0.927. The van der Waals surface area contributed by atoms with E-state index >= 15 is 0 Å². The topological polar surface area (TPSA) is 63.6 Å². The third-order valence-corrected chi connectivity index (χ3v) is 3.02. The highest BCUT2D eigenvalue weighted by atomic mass is 35.5. The van der Waals surface area contributed by atoms with Crippen molar-refractivity contribution in [2.24, 2.45) is 0 Å². The lowest BCUT2D eigenvalue weighted by molar-refractivity contribution is -0.137. The third kappa shape index (κ3) is 4.73. The summed E-state index contributed by atoms with van der Waals surface area (Å²) in [6.07, 6.45) is 0.347. The molecule has 4 nitrogen and oxygen atoms in total. The molecule has 1 rings (SSSR count). The van der Waals surface area contributed by atoms with E-state index in [-0.39, 0.29) is 30.1 Å². The van der Waals surface area contributed by atoms with E-state index in [1.807, 2.05) is 6.92 Å². The quantitative estimate of drug-likeness (QED) is 0.778. The van der Waals surface area contributed by atoms with E-state index in [9.17, 15) is 9.59 Å². The Morgan fingerprint density at radius 3 is 2.47 bits per heavy atom. The van der Waals surface area contributed by atoms with Crippen LogP contribution in [0.1, 0.15) is 36.5 Å². The molecule has 1 aromatic rings. The van der Waals surface area contributed by atoms with Crippen LogP contribution < -0.4 is 4.74 Å². The molecule has 0 atom stereocenters. The largest absolute Gasteiger partial charge is 0.492 e. The van der Waals surface area contributed by atoms with Crippen molar-refractivity contribution in [1.29, 1.82) is 0 Å². The first-order chi connectivity index (χ1) is 8.95. The lowest BCUT2D eigenvalue weighted by atomic mass is 10.1. The van der Waals surface area contributed by atoms with Gasteiger partial charge in [-0.15, -0.1) is 0 Å². The van der Waals surface area contributed by atoms with Gasteiger partial charge in [0.1, 0.15) is 5.75 Å². The number of ketones is 1. The van der Waals surface area contributed by atoms with Crippen LogP contribution in [0.15, 0.2) is 12.1 Å². The van der Waals surface area contributed by atoms with Crippen molar-refractivity contribution in [2.45, 2.75) is 26.2 Å². The molecule has 0 amide bonds.